The number of unbranched alkanes of at least 4 members (excludes halogenated alkanes) is 30. The third-order valence-electron chi connectivity index (χ3n) is 13.0. The maximum absolute atomic E-state index is 6.45. The van der Waals surface area contributed by atoms with Crippen LogP contribution in [0.3, 0.4) is 0 Å². The molecule has 0 aliphatic heterocycles. The van der Waals surface area contributed by atoms with Gasteiger partial charge in [0.25, 0.3) is 0 Å². The van der Waals surface area contributed by atoms with E-state index in [9.17, 15) is 0 Å². The average molecular weight is 955 g/mol. The zero-order chi connectivity index (χ0) is 49.2. The summed E-state index contributed by atoms with van der Waals surface area (Å²) in [7, 11) is 4.29. The molecule has 5 heteroatoms. The zero-order valence-corrected chi connectivity index (χ0v) is 46.5. The number of nitrogens with zero attached hydrogens (tertiary/aromatic N) is 1. The van der Waals surface area contributed by atoms with Gasteiger partial charge >= 0.3 is 0 Å². The highest BCUT2D eigenvalue weighted by molar-refractivity contribution is 4.93. The van der Waals surface area contributed by atoms with Crippen LogP contribution in [0.4, 0.5) is 0 Å². The molecule has 0 aromatic carbocycles. The van der Waals surface area contributed by atoms with Crippen LogP contribution in [-0.4, -0.2) is 77.4 Å². The lowest BCUT2D eigenvalue weighted by Crippen LogP contribution is -2.31. The van der Waals surface area contributed by atoms with Crippen LogP contribution in [0.2, 0.25) is 0 Å². The van der Waals surface area contributed by atoms with Crippen molar-refractivity contribution in [1.29, 1.82) is 0 Å². The second kappa shape index (κ2) is 59.8. The van der Waals surface area contributed by atoms with Crippen molar-refractivity contribution in [3.05, 3.63) is 60.8 Å². The van der Waals surface area contributed by atoms with Gasteiger partial charge in [0.05, 0.1) is 25.9 Å². The van der Waals surface area contributed by atoms with Gasteiger partial charge in [-0.1, -0.05) is 216 Å². The van der Waals surface area contributed by atoms with Gasteiger partial charge in [-0.25, -0.2) is 0 Å². The van der Waals surface area contributed by atoms with Gasteiger partial charge in [0.1, 0.15) is 6.10 Å². The Balaban J connectivity index is 4.50. The summed E-state index contributed by atoms with van der Waals surface area (Å²) < 4.78 is 25.5. The third kappa shape index (κ3) is 57.1. The Bertz CT molecular complexity index is 1080. The molecular formula is C63H119NO4. The first-order valence-corrected chi connectivity index (χ1v) is 29.9. The molecule has 0 aliphatic carbocycles. The molecule has 68 heavy (non-hydrogen) atoms. The van der Waals surface area contributed by atoms with Crippen molar-refractivity contribution in [2.75, 3.05) is 60.3 Å². The van der Waals surface area contributed by atoms with Crippen LogP contribution in [0.1, 0.15) is 271 Å². The van der Waals surface area contributed by atoms with Crippen LogP contribution < -0.4 is 0 Å². The van der Waals surface area contributed by atoms with Crippen LogP contribution in [0.15, 0.2) is 60.8 Å². The van der Waals surface area contributed by atoms with Gasteiger partial charge in [-0.05, 0) is 130 Å². The summed E-state index contributed by atoms with van der Waals surface area (Å²) in [5.74, 6) is 0. The molecule has 0 bridgehead atoms. The molecule has 0 radical (unpaired) electrons. The molecule has 0 N–H and O–H groups in total. The van der Waals surface area contributed by atoms with Crippen LogP contribution in [0, 0.1) is 0 Å². The molecular weight excluding hydrogens is 835 g/mol. The van der Waals surface area contributed by atoms with Crippen molar-refractivity contribution in [3.8, 4) is 0 Å². The first-order chi connectivity index (χ1) is 33.6. The summed E-state index contributed by atoms with van der Waals surface area (Å²) in [4.78, 5) is 2.25. The van der Waals surface area contributed by atoms with E-state index in [4.69, 9.17) is 18.9 Å². The second-order valence-corrected chi connectivity index (χ2v) is 20.3. The SMILES string of the molecule is CCCCC/C=C\C/C=C\CCCCCCCCOCC(COCC(CCN(C)C)OCCCCCCCC/C=C\C/C=C\CCCCC)OCCCCCCCCCCC/C=C\CCCCC. The topological polar surface area (TPSA) is 40.2 Å². The van der Waals surface area contributed by atoms with Crippen LogP contribution in [-0.2, 0) is 18.9 Å². The van der Waals surface area contributed by atoms with E-state index >= 15 is 0 Å². The Morgan fingerprint density at radius 1 is 0.309 bits per heavy atom. The average Bonchev–Trinajstić information content (AvgIpc) is 3.34. The minimum Gasteiger partial charge on any atom is -0.379 e. The smallest absolute Gasteiger partial charge is 0.104 e. The summed E-state index contributed by atoms with van der Waals surface area (Å²) in [5, 5.41) is 0. The van der Waals surface area contributed by atoms with E-state index in [1.165, 1.54) is 212 Å². The Hall–Kier alpha value is -1.50. The van der Waals surface area contributed by atoms with E-state index in [0.717, 1.165) is 64.9 Å². The van der Waals surface area contributed by atoms with Gasteiger partial charge in [0.2, 0.25) is 0 Å². The fourth-order valence-corrected chi connectivity index (χ4v) is 8.44. The summed E-state index contributed by atoms with van der Waals surface area (Å²) in [6, 6.07) is 0. The molecule has 0 amide bonds. The largest absolute Gasteiger partial charge is 0.379 e. The maximum atomic E-state index is 6.45. The maximum Gasteiger partial charge on any atom is 0.104 e. The monoisotopic (exact) mass is 954 g/mol. The molecule has 0 aliphatic rings. The van der Waals surface area contributed by atoms with Gasteiger partial charge in [-0.15, -0.1) is 0 Å². The Labute approximate surface area is 426 Å². The van der Waals surface area contributed by atoms with Gasteiger partial charge in [0.15, 0.2) is 0 Å². The highest BCUT2D eigenvalue weighted by Crippen LogP contribution is 2.14. The molecule has 0 spiro atoms. The molecule has 2 unspecified atom stereocenters. The molecule has 0 rings (SSSR count). The molecule has 400 valence electrons. The Morgan fingerprint density at radius 2 is 0.603 bits per heavy atom. The second-order valence-electron chi connectivity index (χ2n) is 20.3. The number of rotatable bonds is 57. The number of hydrogen-bond donors (Lipinski definition) is 0. The number of allylic oxidation sites excluding steroid dienone is 10. The van der Waals surface area contributed by atoms with Crippen molar-refractivity contribution in [3.63, 3.8) is 0 Å². The van der Waals surface area contributed by atoms with Crippen molar-refractivity contribution >= 4 is 0 Å². The Morgan fingerprint density at radius 3 is 0.985 bits per heavy atom. The highest BCUT2D eigenvalue weighted by atomic mass is 16.6. The van der Waals surface area contributed by atoms with E-state index < -0.39 is 0 Å². The predicted octanol–water partition coefficient (Wildman–Crippen LogP) is 19.4. The van der Waals surface area contributed by atoms with Crippen molar-refractivity contribution in [2.24, 2.45) is 0 Å². The predicted molar refractivity (Wildman–Crippen MR) is 302 cm³/mol. The summed E-state index contributed by atoms with van der Waals surface area (Å²) in [5.41, 5.74) is 0. The lowest BCUT2D eigenvalue weighted by Gasteiger charge is -2.23. The molecule has 0 aromatic heterocycles. The van der Waals surface area contributed by atoms with E-state index in [-0.39, 0.29) is 12.2 Å². The number of ether oxygens (including phenoxy) is 4. The van der Waals surface area contributed by atoms with Crippen LogP contribution >= 0.6 is 0 Å². The van der Waals surface area contributed by atoms with Crippen LogP contribution in [0.5, 0.6) is 0 Å². The van der Waals surface area contributed by atoms with Gasteiger partial charge in [0, 0.05) is 26.4 Å². The van der Waals surface area contributed by atoms with Crippen LogP contribution in [0.25, 0.3) is 0 Å². The summed E-state index contributed by atoms with van der Waals surface area (Å²) >= 11 is 0. The van der Waals surface area contributed by atoms with E-state index in [1.54, 1.807) is 0 Å². The highest BCUT2D eigenvalue weighted by Gasteiger charge is 2.15. The van der Waals surface area contributed by atoms with Crippen molar-refractivity contribution in [2.45, 2.75) is 283 Å². The molecule has 0 heterocycles. The fraction of sp³-hybridized carbons (Fsp3) is 0.841. The molecule has 5 nitrogen and oxygen atoms in total. The molecule has 0 saturated heterocycles. The molecule has 0 aromatic rings. The van der Waals surface area contributed by atoms with Crippen molar-refractivity contribution in [1.82, 2.24) is 4.90 Å². The summed E-state index contributed by atoms with van der Waals surface area (Å²) in [6.07, 6.45) is 73.5. The first kappa shape index (κ1) is 66.5. The minimum absolute atomic E-state index is 0.0204. The standard InChI is InChI=1S/C63H119NO4/c1-6-9-12-15-18-21-24-27-30-33-36-39-42-45-48-51-56-65-60-63(68-58-53-50-47-44-41-38-35-32-29-26-23-20-17-14-11-8-3)61-66-59-62(54-55-64(4)5)67-57-52-49-46-43-40-37-34-31-28-25-22-19-16-13-10-7-2/h18-23,27-28,30-31,62-63H,6-17,24-26,29,32-61H2,1-5H3/b21-18-,22-19-,23-20-,30-27-,31-28-. The quantitative estimate of drug-likeness (QED) is 0.0449. The normalized spacial score (nSPS) is 13.4. The zero-order valence-electron chi connectivity index (χ0n) is 46.5. The molecule has 0 fully saturated rings. The van der Waals surface area contributed by atoms with Gasteiger partial charge in [-0.3, -0.25) is 0 Å². The lowest BCUT2D eigenvalue weighted by atomic mass is 10.1. The molecule has 2 atom stereocenters. The molecule has 0 saturated carbocycles. The third-order valence-corrected chi connectivity index (χ3v) is 13.0. The minimum atomic E-state index is -0.0204. The van der Waals surface area contributed by atoms with E-state index in [0.29, 0.717) is 19.8 Å². The van der Waals surface area contributed by atoms with Crippen molar-refractivity contribution < 1.29 is 18.9 Å². The van der Waals surface area contributed by atoms with E-state index in [1.807, 2.05) is 0 Å². The lowest BCUT2D eigenvalue weighted by molar-refractivity contribution is -0.0836. The van der Waals surface area contributed by atoms with Gasteiger partial charge < -0.3 is 23.8 Å². The van der Waals surface area contributed by atoms with Gasteiger partial charge in [-0.2, -0.15) is 0 Å². The summed E-state index contributed by atoms with van der Waals surface area (Å²) in [6.45, 7) is 12.1. The first-order valence-electron chi connectivity index (χ1n) is 29.9. The van der Waals surface area contributed by atoms with E-state index in [2.05, 4.69) is 101 Å². The Kier molecular flexibility index (Phi) is 58.5. The fourth-order valence-electron chi connectivity index (χ4n) is 8.44. The number of hydrogen-bond acceptors (Lipinski definition) is 5.